The Morgan fingerprint density at radius 2 is 1.97 bits per heavy atom. The summed E-state index contributed by atoms with van der Waals surface area (Å²) in [6.45, 7) is 5.89. The first kappa shape index (κ1) is 20.2. The van der Waals surface area contributed by atoms with Gasteiger partial charge in [-0.3, -0.25) is 9.69 Å². The second kappa shape index (κ2) is 8.14. The number of aromatic nitrogens is 2. The predicted octanol–water partition coefficient (Wildman–Crippen LogP) is 2.99. The topological polar surface area (TPSA) is 61.4 Å². The van der Waals surface area contributed by atoms with Gasteiger partial charge in [-0.15, -0.1) is 0 Å². The van der Waals surface area contributed by atoms with Crippen molar-refractivity contribution >= 4 is 11.7 Å². The summed E-state index contributed by atoms with van der Waals surface area (Å²) < 4.78 is 0. The van der Waals surface area contributed by atoms with Crippen LogP contribution in [0, 0.1) is 18.8 Å². The zero-order valence-electron chi connectivity index (χ0n) is 19.0. The lowest BCUT2D eigenvalue weighted by Gasteiger charge is -2.55. The molecule has 3 saturated heterocycles. The lowest BCUT2D eigenvalue weighted by Crippen LogP contribution is -2.62. The van der Waals surface area contributed by atoms with Crippen LogP contribution in [0.1, 0.15) is 53.1 Å². The quantitative estimate of drug-likeness (QED) is 0.810. The number of carbonyl (C=O) groups is 1. The Labute approximate surface area is 190 Å². The maximum atomic E-state index is 12.4. The Balaban J connectivity index is 1.25. The molecule has 2 bridgehead atoms. The zero-order chi connectivity index (χ0) is 21.7. The monoisotopic (exact) mass is 431 g/mol. The number of hydrogen-bond donors (Lipinski definition) is 1. The molecule has 1 amide bonds. The van der Waals surface area contributed by atoms with Crippen molar-refractivity contribution < 1.29 is 4.79 Å². The van der Waals surface area contributed by atoms with Crippen LogP contribution >= 0.6 is 0 Å². The summed E-state index contributed by atoms with van der Waals surface area (Å²) in [4.78, 5) is 27.1. The van der Waals surface area contributed by atoms with E-state index < -0.39 is 0 Å². The lowest BCUT2D eigenvalue weighted by molar-refractivity contribution is -0.0187. The van der Waals surface area contributed by atoms with E-state index in [1.165, 1.54) is 44.2 Å². The van der Waals surface area contributed by atoms with Gasteiger partial charge in [-0.1, -0.05) is 36.8 Å². The highest BCUT2D eigenvalue weighted by Gasteiger charge is 2.45. The Morgan fingerprint density at radius 1 is 1.09 bits per heavy atom. The minimum atomic E-state index is -0.0441. The molecule has 5 heterocycles. The van der Waals surface area contributed by atoms with Crippen molar-refractivity contribution in [3.8, 4) is 0 Å². The molecular weight excluding hydrogens is 398 g/mol. The fourth-order valence-corrected chi connectivity index (χ4v) is 6.84. The largest absolute Gasteiger partial charge is 0.356 e. The van der Waals surface area contributed by atoms with E-state index in [0.29, 0.717) is 42.0 Å². The second-order valence-electron chi connectivity index (χ2n) is 10.2. The maximum Gasteiger partial charge on any atom is 0.270 e. The first-order chi connectivity index (χ1) is 15.7. The molecule has 4 aliphatic rings. The third kappa shape index (κ3) is 3.58. The molecule has 1 aromatic carbocycles. The van der Waals surface area contributed by atoms with Gasteiger partial charge in [0, 0.05) is 43.8 Å². The van der Waals surface area contributed by atoms with E-state index in [4.69, 9.17) is 4.98 Å². The fourth-order valence-electron chi connectivity index (χ4n) is 6.84. The summed E-state index contributed by atoms with van der Waals surface area (Å²) in [6.07, 6.45) is 7.32. The van der Waals surface area contributed by atoms with Crippen LogP contribution < -0.4 is 10.2 Å². The highest BCUT2D eigenvalue weighted by molar-refractivity contribution is 5.96. The molecule has 6 rings (SSSR count). The Kier molecular flexibility index (Phi) is 5.13. The van der Waals surface area contributed by atoms with E-state index in [1.54, 1.807) is 0 Å². The normalized spacial score (nSPS) is 29.8. The molecule has 1 N–H and O–H groups in total. The molecule has 0 saturated carbocycles. The van der Waals surface area contributed by atoms with Crippen LogP contribution in [0.4, 0.5) is 5.82 Å². The van der Waals surface area contributed by atoms with Crippen molar-refractivity contribution in [1.82, 2.24) is 20.2 Å². The minimum Gasteiger partial charge on any atom is -0.356 e. The van der Waals surface area contributed by atoms with Crippen LogP contribution in [0.3, 0.4) is 0 Å². The molecule has 2 aromatic rings. The highest BCUT2D eigenvalue weighted by atomic mass is 16.1. The molecule has 6 heteroatoms. The molecule has 3 fully saturated rings. The van der Waals surface area contributed by atoms with Gasteiger partial charge in [0.15, 0.2) is 0 Å². The number of nitrogens with one attached hydrogen (secondary N) is 1. The van der Waals surface area contributed by atoms with Crippen LogP contribution in [0.5, 0.6) is 0 Å². The number of piperidine rings is 3. The first-order valence-electron chi connectivity index (χ1n) is 12.4. The summed E-state index contributed by atoms with van der Waals surface area (Å²) in [7, 11) is 0. The number of carbonyl (C=O) groups excluding carboxylic acids is 1. The minimum absolute atomic E-state index is 0.0441. The third-order valence-corrected chi connectivity index (χ3v) is 8.10. The fraction of sp³-hybridized carbons (Fsp3) is 0.577. The van der Waals surface area contributed by atoms with Gasteiger partial charge in [0.1, 0.15) is 17.3 Å². The molecule has 4 atom stereocenters. The molecular formula is C26H33N5O. The molecule has 1 aromatic heterocycles. The Hall–Kier alpha value is -2.47. The number of rotatable bonds is 3. The van der Waals surface area contributed by atoms with Crippen molar-refractivity contribution in [3.63, 3.8) is 0 Å². The van der Waals surface area contributed by atoms with Crippen LogP contribution in [0.2, 0.25) is 0 Å². The van der Waals surface area contributed by atoms with E-state index in [1.807, 2.05) is 6.92 Å². The number of hydrogen-bond acceptors (Lipinski definition) is 5. The second-order valence-corrected chi connectivity index (χ2v) is 10.2. The smallest absolute Gasteiger partial charge is 0.270 e. The van der Waals surface area contributed by atoms with Gasteiger partial charge in [-0.25, -0.2) is 9.97 Å². The molecule has 6 nitrogen and oxygen atoms in total. The lowest BCUT2D eigenvalue weighted by atomic mass is 9.74. The van der Waals surface area contributed by atoms with E-state index in [0.717, 1.165) is 30.9 Å². The predicted molar refractivity (Wildman–Crippen MR) is 125 cm³/mol. The SMILES string of the molecule is Cc1nc2c(c(N3C[C@@H]4C[C@H](C3)[C@@H]3CCC[C@H](Cc5ccccc5)N3C4)n1)CCNC2=O. The molecule has 0 unspecified atom stereocenters. The van der Waals surface area contributed by atoms with Gasteiger partial charge in [0.2, 0.25) is 0 Å². The number of amides is 1. The summed E-state index contributed by atoms with van der Waals surface area (Å²) in [5.41, 5.74) is 3.12. The van der Waals surface area contributed by atoms with E-state index in [-0.39, 0.29) is 5.91 Å². The molecule has 0 spiro atoms. The Morgan fingerprint density at radius 3 is 2.84 bits per heavy atom. The number of aryl methyl sites for hydroxylation is 1. The number of benzene rings is 1. The maximum absolute atomic E-state index is 12.4. The zero-order valence-corrected chi connectivity index (χ0v) is 19.0. The van der Waals surface area contributed by atoms with Crippen molar-refractivity contribution in [1.29, 1.82) is 0 Å². The average Bonchev–Trinajstić information content (AvgIpc) is 2.80. The summed E-state index contributed by atoms with van der Waals surface area (Å²) >= 11 is 0. The molecule has 4 aliphatic heterocycles. The van der Waals surface area contributed by atoms with Gasteiger partial charge in [-0.05, 0) is 56.4 Å². The first-order valence-corrected chi connectivity index (χ1v) is 12.4. The van der Waals surface area contributed by atoms with E-state index in [2.05, 4.69) is 50.4 Å². The van der Waals surface area contributed by atoms with Crippen LogP contribution in [-0.2, 0) is 12.8 Å². The number of anilines is 1. The Bertz CT molecular complexity index is 1010. The average molecular weight is 432 g/mol. The third-order valence-electron chi connectivity index (χ3n) is 8.10. The van der Waals surface area contributed by atoms with Crippen LogP contribution in [0.25, 0.3) is 0 Å². The molecule has 32 heavy (non-hydrogen) atoms. The summed E-state index contributed by atoms with van der Waals surface area (Å²) in [6, 6.07) is 12.4. The van der Waals surface area contributed by atoms with Crippen LogP contribution in [0.15, 0.2) is 30.3 Å². The standard InChI is InChI=1S/C26H33N5O/c1-17-28-24-22(10-11-27-26(24)32)25(29-17)30-14-19-12-20(16-30)23-9-5-8-21(31(23)15-19)13-18-6-3-2-4-7-18/h2-4,6-7,19-21,23H,5,8-16H2,1H3,(H,27,32)/t19-,20+,21+,23-/m0/s1. The molecule has 168 valence electrons. The number of fused-ring (bicyclic) bond motifs is 5. The van der Waals surface area contributed by atoms with Gasteiger partial charge >= 0.3 is 0 Å². The molecule has 0 aliphatic carbocycles. The number of nitrogens with zero attached hydrogens (tertiary/aromatic N) is 4. The van der Waals surface area contributed by atoms with Crippen molar-refractivity contribution in [2.45, 2.75) is 57.5 Å². The van der Waals surface area contributed by atoms with Crippen molar-refractivity contribution in [2.24, 2.45) is 11.8 Å². The van der Waals surface area contributed by atoms with Gasteiger partial charge in [-0.2, -0.15) is 0 Å². The van der Waals surface area contributed by atoms with Gasteiger partial charge in [0.25, 0.3) is 5.91 Å². The van der Waals surface area contributed by atoms with Gasteiger partial charge in [0.05, 0.1) is 0 Å². The van der Waals surface area contributed by atoms with Gasteiger partial charge < -0.3 is 10.2 Å². The van der Waals surface area contributed by atoms with E-state index >= 15 is 0 Å². The summed E-state index contributed by atoms with van der Waals surface area (Å²) in [5, 5.41) is 2.94. The van der Waals surface area contributed by atoms with Crippen LogP contribution in [-0.4, -0.2) is 59.0 Å². The summed E-state index contributed by atoms with van der Waals surface area (Å²) in [5.74, 6) is 3.04. The molecule has 0 radical (unpaired) electrons. The van der Waals surface area contributed by atoms with E-state index in [9.17, 15) is 4.79 Å². The highest BCUT2D eigenvalue weighted by Crippen LogP contribution is 2.41. The van der Waals surface area contributed by atoms with Crippen molar-refractivity contribution in [3.05, 3.63) is 53.0 Å². The van der Waals surface area contributed by atoms with Crippen molar-refractivity contribution in [2.75, 3.05) is 31.1 Å².